The first kappa shape index (κ1) is 20.3. The van der Waals surface area contributed by atoms with Gasteiger partial charge in [-0.2, -0.15) is 5.10 Å². The van der Waals surface area contributed by atoms with Gasteiger partial charge in [-0.05, 0) is 24.3 Å². The number of methoxy groups -OCH3 is 2. The van der Waals surface area contributed by atoms with Crippen LogP contribution in [0.4, 0.5) is 0 Å². The van der Waals surface area contributed by atoms with Crippen LogP contribution in [0.3, 0.4) is 0 Å². The topological polar surface area (TPSA) is 104 Å². The van der Waals surface area contributed by atoms with E-state index in [1.807, 2.05) is 30.3 Å². The SMILES string of the molecule is COc1ccc(CNC2=NC(Cl)=CC(=N)/C2=N\NCc2ccccn2)c(OC)c1. The van der Waals surface area contributed by atoms with E-state index < -0.39 is 0 Å². The molecule has 0 atom stereocenters. The van der Waals surface area contributed by atoms with Crippen LogP contribution in [-0.4, -0.2) is 36.5 Å². The van der Waals surface area contributed by atoms with Crippen LogP contribution in [0.25, 0.3) is 0 Å². The van der Waals surface area contributed by atoms with Gasteiger partial charge in [0.1, 0.15) is 16.7 Å². The van der Waals surface area contributed by atoms with Crippen molar-refractivity contribution >= 4 is 28.9 Å². The van der Waals surface area contributed by atoms with Crippen molar-refractivity contribution < 1.29 is 9.47 Å². The molecule has 2 aromatic rings. The minimum atomic E-state index is 0.155. The van der Waals surface area contributed by atoms with Crippen LogP contribution < -0.4 is 20.2 Å². The van der Waals surface area contributed by atoms with E-state index >= 15 is 0 Å². The summed E-state index contributed by atoms with van der Waals surface area (Å²) < 4.78 is 10.6. The number of ether oxygens (including phenoxy) is 2. The first-order valence-corrected chi connectivity index (χ1v) is 9.19. The molecule has 8 nitrogen and oxygen atoms in total. The number of rotatable bonds is 7. The normalized spacial score (nSPS) is 14.9. The molecule has 0 fully saturated rings. The number of benzene rings is 1. The lowest BCUT2D eigenvalue weighted by molar-refractivity contribution is 0.390. The van der Waals surface area contributed by atoms with Crippen molar-refractivity contribution in [3.05, 3.63) is 65.1 Å². The van der Waals surface area contributed by atoms with Crippen LogP contribution in [0, 0.1) is 5.41 Å². The molecule has 3 rings (SSSR count). The fourth-order valence-corrected chi connectivity index (χ4v) is 2.82. The fourth-order valence-electron chi connectivity index (χ4n) is 2.62. The zero-order chi connectivity index (χ0) is 20.6. The van der Waals surface area contributed by atoms with Crippen LogP contribution in [0.15, 0.2) is 63.9 Å². The summed E-state index contributed by atoms with van der Waals surface area (Å²) in [6.45, 7) is 0.831. The number of allylic oxidation sites excluding steroid dienone is 1. The molecule has 0 amide bonds. The predicted molar refractivity (Wildman–Crippen MR) is 114 cm³/mol. The molecule has 9 heteroatoms. The van der Waals surface area contributed by atoms with Crippen molar-refractivity contribution in [1.82, 2.24) is 15.7 Å². The number of pyridine rings is 1. The summed E-state index contributed by atoms with van der Waals surface area (Å²) in [5, 5.41) is 15.9. The van der Waals surface area contributed by atoms with Gasteiger partial charge in [-0.3, -0.25) is 10.4 Å². The Hall–Kier alpha value is -3.39. The highest BCUT2D eigenvalue weighted by Crippen LogP contribution is 2.24. The van der Waals surface area contributed by atoms with E-state index in [0.717, 1.165) is 11.3 Å². The smallest absolute Gasteiger partial charge is 0.158 e. The number of hydrogen-bond acceptors (Lipinski definition) is 8. The van der Waals surface area contributed by atoms with Crippen molar-refractivity contribution in [2.45, 2.75) is 13.1 Å². The highest BCUT2D eigenvalue weighted by atomic mass is 35.5. The second-order valence-corrected chi connectivity index (χ2v) is 6.38. The van der Waals surface area contributed by atoms with E-state index in [9.17, 15) is 0 Å². The van der Waals surface area contributed by atoms with Crippen molar-refractivity contribution in [2.75, 3.05) is 14.2 Å². The molecule has 0 saturated heterocycles. The number of aromatic nitrogens is 1. The molecule has 150 valence electrons. The lowest BCUT2D eigenvalue weighted by atomic mass is 10.1. The van der Waals surface area contributed by atoms with E-state index in [2.05, 4.69) is 25.8 Å². The van der Waals surface area contributed by atoms with Crippen LogP contribution >= 0.6 is 11.6 Å². The van der Waals surface area contributed by atoms with Crippen molar-refractivity contribution in [3.8, 4) is 11.5 Å². The van der Waals surface area contributed by atoms with Gasteiger partial charge in [-0.1, -0.05) is 17.7 Å². The molecular weight excluding hydrogens is 392 g/mol. The van der Waals surface area contributed by atoms with Gasteiger partial charge < -0.3 is 20.2 Å². The Balaban J connectivity index is 1.73. The standard InChI is InChI=1S/C20H21ClN6O2/c1-28-15-7-6-13(17(9-15)29-2)11-24-20-19(16(22)10-18(21)26-20)27-25-12-14-5-3-4-8-23-14/h3-10,22,25H,11-12H2,1-2H3,(H,24,26)/b22-16?,27-19+. The van der Waals surface area contributed by atoms with Gasteiger partial charge in [0.15, 0.2) is 11.5 Å². The van der Waals surface area contributed by atoms with Gasteiger partial charge in [0, 0.05) is 30.4 Å². The van der Waals surface area contributed by atoms with Gasteiger partial charge in [-0.15, -0.1) is 0 Å². The number of aliphatic imine (C=N–C) groups is 1. The molecule has 1 aliphatic heterocycles. The quantitative estimate of drug-likeness (QED) is 0.479. The molecule has 0 saturated carbocycles. The van der Waals surface area contributed by atoms with Gasteiger partial charge in [-0.25, -0.2) is 4.99 Å². The molecule has 0 spiro atoms. The predicted octanol–water partition coefficient (Wildman–Crippen LogP) is 2.85. The van der Waals surface area contributed by atoms with E-state index in [-0.39, 0.29) is 10.9 Å². The molecule has 29 heavy (non-hydrogen) atoms. The second-order valence-electron chi connectivity index (χ2n) is 5.99. The maximum Gasteiger partial charge on any atom is 0.158 e. The zero-order valence-corrected chi connectivity index (χ0v) is 16.8. The highest BCUT2D eigenvalue weighted by Gasteiger charge is 2.20. The van der Waals surface area contributed by atoms with Crippen molar-refractivity contribution in [3.63, 3.8) is 0 Å². The first-order chi connectivity index (χ1) is 14.1. The molecule has 0 radical (unpaired) electrons. The molecule has 1 aromatic heterocycles. The minimum absolute atomic E-state index is 0.155. The Kier molecular flexibility index (Phi) is 6.80. The van der Waals surface area contributed by atoms with Crippen molar-refractivity contribution in [2.24, 2.45) is 10.1 Å². The minimum Gasteiger partial charge on any atom is -0.497 e. The van der Waals surface area contributed by atoms with Gasteiger partial charge in [0.05, 0.1) is 32.2 Å². The second kappa shape index (κ2) is 9.70. The lowest BCUT2D eigenvalue weighted by Crippen LogP contribution is -2.38. The van der Waals surface area contributed by atoms with E-state index in [4.69, 9.17) is 26.5 Å². The Morgan fingerprint density at radius 3 is 2.72 bits per heavy atom. The van der Waals surface area contributed by atoms with E-state index in [1.165, 1.54) is 6.08 Å². The number of nitrogens with zero attached hydrogens (tertiary/aromatic N) is 3. The molecule has 0 bridgehead atoms. The Bertz CT molecular complexity index is 972. The first-order valence-electron chi connectivity index (χ1n) is 8.81. The average molecular weight is 413 g/mol. The zero-order valence-electron chi connectivity index (χ0n) is 16.1. The number of nitrogens with one attached hydrogen (secondary N) is 3. The number of amidine groups is 1. The summed E-state index contributed by atoms with van der Waals surface area (Å²) >= 11 is 6.05. The van der Waals surface area contributed by atoms with Gasteiger partial charge in [0.2, 0.25) is 0 Å². The Morgan fingerprint density at radius 2 is 2.00 bits per heavy atom. The summed E-state index contributed by atoms with van der Waals surface area (Å²) in [7, 11) is 3.20. The Labute approximate surface area is 173 Å². The van der Waals surface area contributed by atoms with Crippen LogP contribution in [0.2, 0.25) is 0 Å². The number of hydrogen-bond donors (Lipinski definition) is 3. The highest BCUT2D eigenvalue weighted by molar-refractivity contribution is 6.71. The molecule has 1 aromatic carbocycles. The van der Waals surface area contributed by atoms with Crippen LogP contribution in [0.1, 0.15) is 11.3 Å². The molecule has 1 aliphatic rings. The maximum absolute atomic E-state index is 8.20. The molecule has 3 N–H and O–H groups in total. The van der Waals surface area contributed by atoms with Crippen molar-refractivity contribution in [1.29, 1.82) is 5.41 Å². The third-order valence-electron chi connectivity index (χ3n) is 4.08. The maximum atomic E-state index is 8.20. The monoisotopic (exact) mass is 412 g/mol. The third-order valence-corrected chi connectivity index (χ3v) is 4.27. The van der Waals surface area contributed by atoms with Gasteiger partial charge in [0.25, 0.3) is 0 Å². The largest absolute Gasteiger partial charge is 0.497 e. The number of halogens is 1. The fraction of sp³-hybridized carbons (Fsp3) is 0.200. The van der Waals surface area contributed by atoms with Crippen LogP contribution in [0.5, 0.6) is 11.5 Å². The van der Waals surface area contributed by atoms with E-state index in [0.29, 0.717) is 36.1 Å². The molecule has 0 unspecified atom stereocenters. The average Bonchev–Trinajstić information content (AvgIpc) is 2.74. The lowest BCUT2D eigenvalue weighted by Gasteiger charge is -2.17. The summed E-state index contributed by atoms with van der Waals surface area (Å²) in [6, 6.07) is 11.2. The summed E-state index contributed by atoms with van der Waals surface area (Å²) in [6.07, 6.45) is 3.16. The molecule has 0 aliphatic carbocycles. The molecular formula is C20H21ClN6O2. The number of hydrazone groups is 1. The Morgan fingerprint density at radius 1 is 1.14 bits per heavy atom. The summed E-state index contributed by atoms with van der Waals surface area (Å²) in [4.78, 5) is 8.52. The van der Waals surface area contributed by atoms with Gasteiger partial charge >= 0.3 is 0 Å². The summed E-state index contributed by atoms with van der Waals surface area (Å²) in [5.41, 5.74) is 5.18. The third kappa shape index (κ3) is 5.32. The van der Waals surface area contributed by atoms with E-state index in [1.54, 1.807) is 26.5 Å². The molecule has 2 heterocycles. The van der Waals surface area contributed by atoms with Crippen LogP contribution in [-0.2, 0) is 13.1 Å². The summed E-state index contributed by atoms with van der Waals surface area (Å²) in [5.74, 6) is 1.78.